The quantitative estimate of drug-likeness (QED) is 0.745. The van der Waals surface area contributed by atoms with Crippen LogP contribution in [0.3, 0.4) is 0 Å². The Balaban J connectivity index is 1.74. The standard InChI is InChI=1S/C26H28O4/c1-29-19-11-7-17(8-12-19)25-15-3-5-21(27)23(25)24-22(28)6-4-16-26(24,25)18-9-13-20(30-2)14-10-18/h7-14,23-24H,3-6,15-16H2,1-2H3. The van der Waals surface area contributed by atoms with Crippen molar-refractivity contribution in [2.75, 3.05) is 14.2 Å². The van der Waals surface area contributed by atoms with Crippen molar-refractivity contribution in [3.63, 3.8) is 0 Å². The maximum Gasteiger partial charge on any atom is 0.137 e. The van der Waals surface area contributed by atoms with E-state index < -0.39 is 0 Å². The van der Waals surface area contributed by atoms with E-state index >= 15 is 0 Å². The second-order valence-corrected chi connectivity index (χ2v) is 8.99. The number of fused-ring (bicyclic) bond motifs is 4. The lowest BCUT2D eigenvalue weighted by Crippen LogP contribution is -2.76. The van der Waals surface area contributed by atoms with E-state index in [1.165, 1.54) is 11.1 Å². The fourth-order valence-electron chi connectivity index (χ4n) is 7.04. The smallest absolute Gasteiger partial charge is 0.137 e. The van der Waals surface area contributed by atoms with E-state index in [9.17, 15) is 9.59 Å². The van der Waals surface area contributed by atoms with E-state index in [1.54, 1.807) is 14.2 Å². The first-order valence-electron chi connectivity index (χ1n) is 10.9. The summed E-state index contributed by atoms with van der Waals surface area (Å²) in [6, 6.07) is 16.4. The van der Waals surface area contributed by atoms with E-state index in [-0.39, 0.29) is 34.2 Å². The fourth-order valence-corrected chi connectivity index (χ4v) is 7.04. The molecular formula is C26H28O4. The Hall–Kier alpha value is -2.62. The average Bonchev–Trinajstić information content (AvgIpc) is 2.77. The molecule has 0 spiro atoms. The summed E-state index contributed by atoms with van der Waals surface area (Å²) in [5.41, 5.74) is 1.68. The molecule has 0 N–H and O–H groups in total. The Morgan fingerprint density at radius 3 is 1.37 bits per heavy atom. The third-order valence-electron chi connectivity index (χ3n) is 8.08. The lowest BCUT2D eigenvalue weighted by molar-refractivity contribution is -0.175. The number of methoxy groups -OCH3 is 2. The van der Waals surface area contributed by atoms with Gasteiger partial charge in [0.2, 0.25) is 0 Å². The topological polar surface area (TPSA) is 52.6 Å². The molecule has 3 aliphatic rings. The van der Waals surface area contributed by atoms with Gasteiger partial charge in [0.25, 0.3) is 0 Å². The third-order valence-corrected chi connectivity index (χ3v) is 8.08. The van der Waals surface area contributed by atoms with Gasteiger partial charge in [0.1, 0.15) is 23.1 Å². The number of hydrogen-bond acceptors (Lipinski definition) is 4. The molecule has 4 unspecified atom stereocenters. The molecule has 2 aromatic rings. The van der Waals surface area contributed by atoms with Crippen LogP contribution in [-0.4, -0.2) is 25.8 Å². The molecule has 4 nitrogen and oxygen atoms in total. The van der Waals surface area contributed by atoms with E-state index in [2.05, 4.69) is 24.3 Å². The lowest BCUT2D eigenvalue weighted by atomic mass is 9.29. The molecule has 4 atom stereocenters. The average molecular weight is 405 g/mol. The molecule has 0 aromatic heterocycles. The molecule has 30 heavy (non-hydrogen) atoms. The van der Waals surface area contributed by atoms with Crippen LogP contribution in [0, 0.1) is 11.8 Å². The molecule has 5 rings (SSSR count). The zero-order valence-corrected chi connectivity index (χ0v) is 17.6. The van der Waals surface area contributed by atoms with Crippen LogP contribution >= 0.6 is 0 Å². The summed E-state index contributed by atoms with van der Waals surface area (Å²) >= 11 is 0. The minimum absolute atomic E-state index is 0.213. The highest BCUT2D eigenvalue weighted by molar-refractivity contribution is 5.97. The number of benzene rings is 2. The predicted molar refractivity (Wildman–Crippen MR) is 114 cm³/mol. The summed E-state index contributed by atoms with van der Waals surface area (Å²) < 4.78 is 10.8. The Kier molecular flexibility index (Phi) is 4.49. The monoisotopic (exact) mass is 404 g/mol. The number of rotatable bonds is 4. The molecule has 0 bridgehead atoms. The van der Waals surface area contributed by atoms with Gasteiger partial charge in [-0.05, 0) is 61.1 Å². The molecule has 0 radical (unpaired) electrons. The van der Waals surface area contributed by atoms with Crippen LogP contribution in [0.25, 0.3) is 0 Å². The van der Waals surface area contributed by atoms with Crippen LogP contribution in [-0.2, 0) is 20.4 Å². The van der Waals surface area contributed by atoms with Gasteiger partial charge in [-0.25, -0.2) is 0 Å². The van der Waals surface area contributed by atoms with E-state index in [1.807, 2.05) is 24.3 Å². The summed E-state index contributed by atoms with van der Waals surface area (Å²) in [7, 11) is 3.33. The van der Waals surface area contributed by atoms with Gasteiger partial charge in [0, 0.05) is 35.5 Å². The zero-order chi connectivity index (χ0) is 20.9. The van der Waals surface area contributed by atoms with Crippen LogP contribution in [0.4, 0.5) is 0 Å². The summed E-state index contributed by atoms with van der Waals surface area (Å²) in [4.78, 5) is 26.5. The summed E-state index contributed by atoms with van der Waals surface area (Å²) in [5, 5.41) is 0. The molecule has 0 aliphatic heterocycles. The molecular weight excluding hydrogens is 376 g/mol. The summed E-state index contributed by atoms with van der Waals surface area (Å²) in [6.07, 6.45) is 4.80. The minimum atomic E-state index is -0.329. The van der Waals surface area contributed by atoms with E-state index in [4.69, 9.17) is 9.47 Å². The van der Waals surface area contributed by atoms with Crippen molar-refractivity contribution in [2.45, 2.75) is 49.4 Å². The second kappa shape index (κ2) is 6.97. The molecule has 4 heteroatoms. The van der Waals surface area contributed by atoms with Crippen molar-refractivity contribution in [3.05, 3.63) is 59.7 Å². The molecule has 3 fully saturated rings. The normalized spacial score (nSPS) is 32.6. The number of Topliss-reactive ketones (excluding diaryl/α,β-unsaturated/α-hetero) is 2. The highest BCUT2D eigenvalue weighted by Crippen LogP contribution is 2.73. The third kappa shape index (κ3) is 2.33. The summed E-state index contributed by atoms with van der Waals surface area (Å²) in [5.74, 6) is 1.72. The molecule has 0 amide bonds. The number of carbonyl (C=O) groups is 2. The van der Waals surface area contributed by atoms with Crippen LogP contribution in [0.15, 0.2) is 48.5 Å². The first-order valence-corrected chi connectivity index (χ1v) is 10.9. The Bertz CT molecular complexity index is 896. The van der Waals surface area contributed by atoms with Crippen LogP contribution in [0.1, 0.15) is 49.7 Å². The molecule has 2 aromatic carbocycles. The first-order chi connectivity index (χ1) is 14.6. The van der Waals surface area contributed by atoms with Gasteiger partial charge < -0.3 is 9.47 Å². The number of carbonyl (C=O) groups excluding carboxylic acids is 2. The maximum absolute atomic E-state index is 13.2. The predicted octanol–water partition coefficient (Wildman–Crippen LogP) is 4.63. The molecule has 0 heterocycles. The first kappa shape index (κ1) is 19.3. The Morgan fingerprint density at radius 1 is 0.667 bits per heavy atom. The summed E-state index contributed by atoms with van der Waals surface area (Å²) in [6.45, 7) is 0. The zero-order valence-electron chi connectivity index (χ0n) is 17.6. The van der Waals surface area contributed by atoms with Crippen molar-refractivity contribution in [1.82, 2.24) is 0 Å². The van der Waals surface area contributed by atoms with Crippen molar-refractivity contribution in [3.8, 4) is 11.5 Å². The minimum Gasteiger partial charge on any atom is -0.497 e. The van der Waals surface area contributed by atoms with Gasteiger partial charge in [-0.3, -0.25) is 9.59 Å². The lowest BCUT2D eigenvalue weighted by Gasteiger charge is -2.72. The fraction of sp³-hybridized carbons (Fsp3) is 0.462. The number of ether oxygens (including phenoxy) is 2. The van der Waals surface area contributed by atoms with Crippen LogP contribution in [0.2, 0.25) is 0 Å². The van der Waals surface area contributed by atoms with Crippen molar-refractivity contribution in [2.24, 2.45) is 11.8 Å². The van der Waals surface area contributed by atoms with Gasteiger partial charge in [-0.1, -0.05) is 24.3 Å². The van der Waals surface area contributed by atoms with Gasteiger partial charge in [-0.2, -0.15) is 0 Å². The second-order valence-electron chi connectivity index (χ2n) is 8.99. The molecule has 0 saturated heterocycles. The highest BCUT2D eigenvalue weighted by Gasteiger charge is 2.76. The van der Waals surface area contributed by atoms with Crippen molar-refractivity contribution >= 4 is 11.6 Å². The van der Waals surface area contributed by atoms with E-state index in [0.717, 1.165) is 37.2 Å². The van der Waals surface area contributed by atoms with E-state index in [0.29, 0.717) is 12.8 Å². The van der Waals surface area contributed by atoms with Crippen molar-refractivity contribution in [1.29, 1.82) is 0 Å². The molecule has 156 valence electrons. The maximum atomic E-state index is 13.2. The van der Waals surface area contributed by atoms with Crippen LogP contribution < -0.4 is 9.47 Å². The molecule has 3 aliphatic carbocycles. The van der Waals surface area contributed by atoms with Gasteiger partial charge in [0.15, 0.2) is 0 Å². The number of hydrogen-bond donors (Lipinski definition) is 0. The van der Waals surface area contributed by atoms with Gasteiger partial charge in [-0.15, -0.1) is 0 Å². The highest BCUT2D eigenvalue weighted by atomic mass is 16.5. The van der Waals surface area contributed by atoms with Crippen molar-refractivity contribution < 1.29 is 19.1 Å². The number of ketones is 2. The SMILES string of the molecule is COc1ccc(C23CCCC(=O)C2C2C(=O)CCCC23c2ccc(OC)cc2)cc1. The Labute approximate surface area is 177 Å². The largest absolute Gasteiger partial charge is 0.497 e. The molecule has 3 saturated carbocycles. The Morgan fingerprint density at radius 2 is 1.03 bits per heavy atom. The van der Waals surface area contributed by atoms with Gasteiger partial charge >= 0.3 is 0 Å². The van der Waals surface area contributed by atoms with Gasteiger partial charge in [0.05, 0.1) is 14.2 Å². The van der Waals surface area contributed by atoms with Crippen LogP contribution in [0.5, 0.6) is 11.5 Å².